The molecule has 34 heavy (non-hydrogen) atoms. The van der Waals surface area contributed by atoms with E-state index in [4.69, 9.17) is 0 Å². The first-order chi connectivity index (χ1) is 16.5. The van der Waals surface area contributed by atoms with Crippen LogP contribution in [0.25, 0.3) is 15.9 Å². The number of benzene rings is 1. The molecule has 0 aliphatic carbocycles. The number of thiophene rings is 1. The Hall–Kier alpha value is -2.64. The number of rotatable bonds is 6. The minimum absolute atomic E-state index is 0.00770. The Morgan fingerprint density at radius 3 is 2.65 bits per heavy atom. The SMILES string of the molecule is CCN1CCC[C@@H]1CNC(=O)C1CCN(C(=O)c2ccc(-n3c(C)cc4ccccc43)s2)CC1. The lowest BCUT2D eigenvalue weighted by molar-refractivity contribution is -0.126. The van der Waals surface area contributed by atoms with Gasteiger partial charge in [0.05, 0.1) is 10.4 Å². The molecule has 0 unspecified atom stereocenters. The predicted octanol–water partition coefficient (Wildman–Crippen LogP) is 4.45. The number of nitrogens with zero attached hydrogens (tertiary/aromatic N) is 3. The molecular formula is C27H34N4O2S. The van der Waals surface area contributed by atoms with Crippen LogP contribution in [0.5, 0.6) is 0 Å². The molecular weight excluding hydrogens is 444 g/mol. The van der Waals surface area contributed by atoms with Crippen molar-refractivity contribution in [1.82, 2.24) is 19.7 Å². The first-order valence-corrected chi connectivity index (χ1v) is 13.3. The first-order valence-electron chi connectivity index (χ1n) is 12.5. The van der Waals surface area contributed by atoms with Gasteiger partial charge >= 0.3 is 0 Å². The van der Waals surface area contributed by atoms with Crippen molar-refractivity contribution in [3.8, 4) is 5.00 Å². The number of amides is 2. The number of para-hydroxylation sites is 1. The number of fused-ring (bicyclic) bond motifs is 1. The summed E-state index contributed by atoms with van der Waals surface area (Å²) in [7, 11) is 0. The lowest BCUT2D eigenvalue weighted by Gasteiger charge is -2.31. The number of nitrogens with one attached hydrogen (secondary N) is 1. The number of carbonyl (C=O) groups is 2. The van der Waals surface area contributed by atoms with Gasteiger partial charge in [0.1, 0.15) is 5.00 Å². The molecule has 2 aromatic heterocycles. The van der Waals surface area contributed by atoms with Crippen LogP contribution >= 0.6 is 11.3 Å². The van der Waals surface area contributed by atoms with Crippen molar-refractivity contribution >= 4 is 34.1 Å². The van der Waals surface area contributed by atoms with Crippen molar-refractivity contribution in [2.24, 2.45) is 5.92 Å². The van der Waals surface area contributed by atoms with Crippen LogP contribution in [0.1, 0.15) is 48.0 Å². The summed E-state index contributed by atoms with van der Waals surface area (Å²) < 4.78 is 2.22. The fourth-order valence-electron chi connectivity index (χ4n) is 5.55. The lowest BCUT2D eigenvalue weighted by Crippen LogP contribution is -2.45. The van der Waals surface area contributed by atoms with Gasteiger partial charge < -0.3 is 14.8 Å². The van der Waals surface area contributed by atoms with Gasteiger partial charge in [0, 0.05) is 42.7 Å². The highest BCUT2D eigenvalue weighted by molar-refractivity contribution is 7.16. The van der Waals surface area contributed by atoms with E-state index < -0.39 is 0 Å². The maximum Gasteiger partial charge on any atom is 0.263 e. The van der Waals surface area contributed by atoms with Gasteiger partial charge in [0.25, 0.3) is 5.91 Å². The first kappa shape index (κ1) is 23.1. The second-order valence-electron chi connectivity index (χ2n) is 9.55. The zero-order chi connectivity index (χ0) is 23.7. The Balaban J connectivity index is 1.18. The highest BCUT2D eigenvalue weighted by atomic mass is 32.1. The molecule has 0 saturated carbocycles. The molecule has 7 heteroatoms. The molecule has 0 spiro atoms. The molecule has 1 aromatic carbocycles. The minimum atomic E-state index is 0.00770. The third kappa shape index (κ3) is 4.51. The lowest BCUT2D eigenvalue weighted by atomic mass is 9.95. The zero-order valence-corrected chi connectivity index (χ0v) is 20.9. The Morgan fingerprint density at radius 2 is 1.85 bits per heavy atom. The van der Waals surface area contributed by atoms with Gasteiger partial charge in [-0.1, -0.05) is 25.1 Å². The van der Waals surface area contributed by atoms with E-state index >= 15 is 0 Å². The Morgan fingerprint density at radius 1 is 1.06 bits per heavy atom. The van der Waals surface area contributed by atoms with Crippen molar-refractivity contribution in [3.05, 3.63) is 53.0 Å². The third-order valence-electron chi connectivity index (χ3n) is 7.49. The van der Waals surface area contributed by atoms with Crippen LogP contribution < -0.4 is 5.32 Å². The molecule has 0 radical (unpaired) electrons. The summed E-state index contributed by atoms with van der Waals surface area (Å²) in [4.78, 5) is 31.1. The highest BCUT2D eigenvalue weighted by Crippen LogP contribution is 2.30. The van der Waals surface area contributed by atoms with Gasteiger partial charge in [-0.05, 0) is 70.0 Å². The Kier molecular flexibility index (Phi) is 6.75. The second-order valence-corrected chi connectivity index (χ2v) is 10.6. The Labute approximate surface area is 205 Å². The summed E-state index contributed by atoms with van der Waals surface area (Å²) in [6.45, 7) is 8.50. The van der Waals surface area contributed by atoms with E-state index in [-0.39, 0.29) is 17.7 Å². The highest BCUT2D eigenvalue weighted by Gasteiger charge is 2.30. The van der Waals surface area contributed by atoms with Gasteiger partial charge in [-0.3, -0.25) is 14.5 Å². The quantitative estimate of drug-likeness (QED) is 0.569. The van der Waals surface area contributed by atoms with E-state index in [2.05, 4.69) is 46.8 Å². The summed E-state index contributed by atoms with van der Waals surface area (Å²) in [5.74, 6) is 0.241. The maximum atomic E-state index is 13.2. The molecule has 2 saturated heterocycles. The summed E-state index contributed by atoms with van der Waals surface area (Å²) in [6, 6.07) is 15.0. The summed E-state index contributed by atoms with van der Waals surface area (Å²) in [5, 5.41) is 5.45. The van der Waals surface area contributed by atoms with E-state index in [0.29, 0.717) is 19.1 Å². The van der Waals surface area contributed by atoms with Crippen LogP contribution in [-0.2, 0) is 4.79 Å². The van der Waals surface area contributed by atoms with Crippen molar-refractivity contribution in [1.29, 1.82) is 0 Å². The standard InChI is InChI=1S/C27H34N4O2S/c1-3-29-14-6-8-22(29)18-28-26(32)20-12-15-30(16-13-20)27(33)24-10-11-25(34-24)31-19(2)17-21-7-4-5-9-23(21)31/h4-5,7,9-11,17,20,22H,3,6,8,12-16,18H2,1-2H3,(H,28,32)/t22-/m1/s1. The predicted molar refractivity (Wildman–Crippen MR) is 138 cm³/mol. The molecule has 2 aliphatic heterocycles. The number of aromatic nitrogens is 1. The van der Waals surface area contributed by atoms with Crippen LogP contribution in [-0.4, -0.2) is 64.9 Å². The van der Waals surface area contributed by atoms with E-state index in [1.54, 1.807) is 11.3 Å². The number of carbonyl (C=O) groups excluding carboxylic acids is 2. The molecule has 2 amide bonds. The average Bonchev–Trinajstić information content (AvgIpc) is 3.59. The van der Waals surface area contributed by atoms with Gasteiger partial charge in [-0.15, -0.1) is 11.3 Å². The van der Waals surface area contributed by atoms with E-state index in [0.717, 1.165) is 53.6 Å². The molecule has 2 aliphatic rings. The molecule has 1 N–H and O–H groups in total. The van der Waals surface area contributed by atoms with Crippen LogP contribution in [0, 0.1) is 12.8 Å². The van der Waals surface area contributed by atoms with Gasteiger partial charge in [0.15, 0.2) is 0 Å². The second kappa shape index (κ2) is 9.92. The molecule has 0 bridgehead atoms. The van der Waals surface area contributed by atoms with Crippen molar-refractivity contribution in [2.75, 3.05) is 32.7 Å². The average molecular weight is 479 g/mol. The van der Waals surface area contributed by atoms with Gasteiger partial charge in [-0.2, -0.15) is 0 Å². The number of likely N-dealkylation sites (tertiary alicyclic amines) is 2. The molecule has 2 fully saturated rings. The van der Waals surface area contributed by atoms with Crippen LogP contribution in [0.15, 0.2) is 42.5 Å². The molecule has 4 heterocycles. The largest absolute Gasteiger partial charge is 0.354 e. The van der Waals surface area contributed by atoms with Gasteiger partial charge in [-0.25, -0.2) is 0 Å². The van der Waals surface area contributed by atoms with Crippen molar-refractivity contribution < 1.29 is 9.59 Å². The van der Waals surface area contributed by atoms with E-state index in [1.165, 1.54) is 18.2 Å². The van der Waals surface area contributed by atoms with Crippen molar-refractivity contribution in [3.63, 3.8) is 0 Å². The summed E-state index contributed by atoms with van der Waals surface area (Å²) in [6.07, 6.45) is 3.86. The normalized spacial score (nSPS) is 19.7. The molecule has 5 rings (SSSR count). The minimum Gasteiger partial charge on any atom is -0.354 e. The molecule has 3 aromatic rings. The van der Waals surface area contributed by atoms with E-state index in [9.17, 15) is 9.59 Å². The topological polar surface area (TPSA) is 57.6 Å². The molecule has 180 valence electrons. The van der Waals surface area contributed by atoms with Crippen LogP contribution in [0.2, 0.25) is 0 Å². The maximum absolute atomic E-state index is 13.2. The monoisotopic (exact) mass is 478 g/mol. The molecule has 1 atom stereocenters. The van der Waals surface area contributed by atoms with Crippen LogP contribution in [0.3, 0.4) is 0 Å². The number of likely N-dealkylation sites (N-methyl/N-ethyl adjacent to an activating group) is 1. The number of hydrogen-bond donors (Lipinski definition) is 1. The smallest absolute Gasteiger partial charge is 0.263 e. The Bertz CT molecular complexity index is 1170. The summed E-state index contributed by atoms with van der Waals surface area (Å²) >= 11 is 1.54. The molecule has 6 nitrogen and oxygen atoms in total. The third-order valence-corrected chi connectivity index (χ3v) is 8.55. The fourth-order valence-corrected chi connectivity index (χ4v) is 6.60. The zero-order valence-electron chi connectivity index (χ0n) is 20.1. The number of hydrogen-bond acceptors (Lipinski definition) is 4. The number of aryl methyl sites for hydroxylation is 1. The van der Waals surface area contributed by atoms with Gasteiger partial charge in [0.2, 0.25) is 5.91 Å². The van der Waals surface area contributed by atoms with Crippen LogP contribution in [0.4, 0.5) is 0 Å². The van der Waals surface area contributed by atoms with Crippen molar-refractivity contribution in [2.45, 2.75) is 45.6 Å². The summed E-state index contributed by atoms with van der Waals surface area (Å²) in [5.41, 5.74) is 2.32. The van der Waals surface area contributed by atoms with E-state index in [1.807, 2.05) is 29.2 Å². The number of piperidine rings is 1. The fraction of sp³-hybridized carbons (Fsp3) is 0.481.